The smallest absolute Gasteiger partial charge is 0.270 e. The van der Waals surface area contributed by atoms with Crippen molar-refractivity contribution >= 4 is 22.4 Å². The second-order valence-corrected chi connectivity index (χ2v) is 5.95. The number of rotatable bonds is 4. The molecule has 2 aromatic heterocycles. The summed E-state index contributed by atoms with van der Waals surface area (Å²) in [6, 6.07) is 13.8. The third-order valence-corrected chi connectivity index (χ3v) is 4.35. The number of fused-ring (bicyclic) bond motifs is 1. The summed E-state index contributed by atoms with van der Waals surface area (Å²) in [4.78, 5) is 15.0. The highest BCUT2D eigenvalue weighted by atomic mass is 16.6. The van der Waals surface area contributed by atoms with Gasteiger partial charge in [-0.3, -0.25) is 15.2 Å². The van der Waals surface area contributed by atoms with Crippen LogP contribution in [0.5, 0.6) is 5.75 Å². The van der Waals surface area contributed by atoms with Crippen molar-refractivity contribution in [3.05, 3.63) is 64.8 Å². The van der Waals surface area contributed by atoms with Crippen LogP contribution in [0.15, 0.2) is 54.7 Å². The monoisotopic (exact) mass is 361 g/mol. The minimum Gasteiger partial charge on any atom is -0.497 e. The van der Waals surface area contributed by atoms with E-state index in [1.165, 1.54) is 18.2 Å². The number of H-pyrrole nitrogens is 1. The molecule has 3 N–H and O–H groups in total. The number of ether oxygens (including phenoxy) is 1. The summed E-state index contributed by atoms with van der Waals surface area (Å²) >= 11 is 0. The molecule has 0 fully saturated rings. The van der Waals surface area contributed by atoms with Crippen molar-refractivity contribution in [3.63, 3.8) is 0 Å². The quantitative estimate of drug-likeness (QED) is 0.324. The summed E-state index contributed by atoms with van der Waals surface area (Å²) in [5.74, 6) is 0.755. The van der Waals surface area contributed by atoms with Crippen molar-refractivity contribution in [2.24, 2.45) is 0 Å². The molecule has 4 rings (SSSR count). The highest BCUT2D eigenvalue weighted by Crippen LogP contribution is 2.33. The maximum Gasteiger partial charge on any atom is 0.270 e. The minimum absolute atomic E-state index is 0.0260. The number of anilines is 1. The van der Waals surface area contributed by atoms with Crippen LogP contribution in [0, 0.1) is 10.1 Å². The van der Waals surface area contributed by atoms with E-state index < -0.39 is 4.92 Å². The van der Waals surface area contributed by atoms with E-state index >= 15 is 0 Å². The Bertz CT molecular complexity index is 1150. The summed E-state index contributed by atoms with van der Waals surface area (Å²) in [6.45, 7) is 0. The molecule has 0 unspecified atom stereocenters. The molecule has 8 heteroatoms. The van der Waals surface area contributed by atoms with E-state index in [-0.39, 0.29) is 5.69 Å². The Morgan fingerprint density at radius 2 is 1.89 bits per heavy atom. The number of hydrogen-bond acceptors (Lipinski definition) is 6. The first kappa shape index (κ1) is 16.5. The molecule has 0 aliphatic rings. The Hall–Kier alpha value is -3.94. The number of nitrogens with one attached hydrogen (secondary N) is 1. The lowest BCUT2D eigenvalue weighted by molar-refractivity contribution is -0.384. The number of methoxy groups -OCH3 is 1. The summed E-state index contributed by atoms with van der Waals surface area (Å²) in [6.07, 6.45) is 1.61. The maximum absolute atomic E-state index is 11.1. The summed E-state index contributed by atoms with van der Waals surface area (Å²) in [7, 11) is 1.61. The van der Waals surface area contributed by atoms with E-state index in [1.54, 1.807) is 13.3 Å². The second kappa shape index (κ2) is 6.41. The van der Waals surface area contributed by atoms with Crippen molar-refractivity contribution in [2.45, 2.75) is 0 Å². The van der Waals surface area contributed by atoms with Crippen LogP contribution in [0.25, 0.3) is 33.4 Å². The molecule has 8 nitrogen and oxygen atoms in total. The standard InChI is InChI=1S/C19H15N5O3/c1-27-14-5-2-11(3-6-14)18-16-8-12(10-21-19(16)23-22-18)15-9-13(24(25)26)4-7-17(15)20/h2-10H,20H2,1H3,(H,21,22,23). The molecule has 0 amide bonds. The fourth-order valence-corrected chi connectivity index (χ4v) is 2.93. The first-order valence-corrected chi connectivity index (χ1v) is 8.09. The molecule has 2 heterocycles. The predicted octanol–water partition coefficient (Wildman–Crippen LogP) is 3.79. The molecular weight excluding hydrogens is 346 g/mol. The number of non-ortho nitro benzene ring substituents is 1. The van der Waals surface area contributed by atoms with Crippen LogP contribution in [0.2, 0.25) is 0 Å². The number of nitro benzene ring substituents is 1. The van der Waals surface area contributed by atoms with Gasteiger partial charge in [-0.2, -0.15) is 5.10 Å². The highest BCUT2D eigenvalue weighted by Gasteiger charge is 2.14. The van der Waals surface area contributed by atoms with Gasteiger partial charge in [0.05, 0.1) is 17.7 Å². The van der Waals surface area contributed by atoms with Gasteiger partial charge in [-0.25, -0.2) is 4.98 Å². The second-order valence-electron chi connectivity index (χ2n) is 5.95. The number of nitro groups is 1. The highest BCUT2D eigenvalue weighted by molar-refractivity contribution is 5.94. The topological polar surface area (TPSA) is 120 Å². The van der Waals surface area contributed by atoms with Crippen LogP contribution in [0.1, 0.15) is 0 Å². The fraction of sp³-hybridized carbons (Fsp3) is 0.0526. The molecule has 4 aromatic rings. The molecule has 0 spiro atoms. The van der Waals surface area contributed by atoms with Gasteiger partial charge in [0.2, 0.25) is 0 Å². The summed E-state index contributed by atoms with van der Waals surface area (Å²) < 4.78 is 5.19. The van der Waals surface area contributed by atoms with Crippen LogP contribution in [0.4, 0.5) is 11.4 Å². The molecule has 0 aliphatic heterocycles. The molecule has 0 radical (unpaired) electrons. The first-order valence-electron chi connectivity index (χ1n) is 8.09. The number of pyridine rings is 1. The zero-order valence-corrected chi connectivity index (χ0v) is 14.3. The van der Waals surface area contributed by atoms with E-state index in [0.717, 1.165) is 22.4 Å². The number of benzene rings is 2. The van der Waals surface area contributed by atoms with Gasteiger partial charge in [0.25, 0.3) is 5.69 Å². The normalized spacial score (nSPS) is 10.9. The molecule has 0 saturated carbocycles. The van der Waals surface area contributed by atoms with E-state index in [0.29, 0.717) is 22.5 Å². The summed E-state index contributed by atoms with van der Waals surface area (Å²) in [5.41, 5.74) is 9.95. The fourth-order valence-electron chi connectivity index (χ4n) is 2.93. The number of nitrogen functional groups attached to an aromatic ring is 1. The Balaban J connectivity index is 1.85. The molecule has 0 bridgehead atoms. The van der Waals surface area contributed by atoms with Crippen molar-refractivity contribution < 1.29 is 9.66 Å². The van der Waals surface area contributed by atoms with Crippen molar-refractivity contribution in [1.29, 1.82) is 0 Å². The largest absolute Gasteiger partial charge is 0.497 e. The average Bonchev–Trinajstić information content (AvgIpc) is 3.11. The lowest BCUT2D eigenvalue weighted by atomic mass is 10.0. The lowest BCUT2D eigenvalue weighted by Crippen LogP contribution is -1.94. The third kappa shape index (κ3) is 2.93. The van der Waals surface area contributed by atoms with Gasteiger partial charge in [0.15, 0.2) is 5.65 Å². The number of aromatic amines is 1. The van der Waals surface area contributed by atoms with Crippen molar-refractivity contribution in [1.82, 2.24) is 15.2 Å². The number of hydrogen-bond donors (Lipinski definition) is 2. The molecule has 0 aliphatic carbocycles. The third-order valence-electron chi connectivity index (χ3n) is 4.35. The van der Waals surface area contributed by atoms with Gasteiger partial charge in [-0.05, 0) is 36.4 Å². The van der Waals surface area contributed by atoms with Crippen molar-refractivity contribution in [3.8, 4) is 28.1 Å². The van der Waals surface area contributed by atoms with Crippen LogP contribution in [0.3, 0.4) is 0 Å². The van der Waals surface area contributed by atoms with Crippen LogP contribution < -0.4 is 10.5 Å². The van der Waals surface area contributed by atoms with Crippen LogP contribution in [-0.2, 0) is 0 Å². The van der Waals surface area contributed by atoms with E-state index in [2.05, 4.69) is 15.2 Å². The average molecular weight is 361 g/mol. The summed E-state index contributed by atoms with van der Waals surface area (Å²) in [5, 5.41) is 19.1. The van der Waals surface area contributed by atoms with Crippen LogP contribution >= 0.6 is 0 Å². The maximum atomic E-state index is 11.1. The number of nitrogens with two attached hydrogens (primary N) is 1. The van der Waals surface area contributed by atoms with E-state index in [1.807, 2.05) is 30.3 Å². The van der Waals surface area contributed by atoms with Gasteiger partial charge in [0, 0.05) is 46.1 Å². The molecular formula is C19H15N5O3. The van der Waals surface area contributed by atoms with Crippen molar-refractivity contribution in [2.75, 3.05) is 12.8 Å². The zero-order valence-electron chi connectivity index (χ0n) is 14.3. The van der Waals surface area contributed by atoms with E-state index in [9.17, 15) is 10.1 Å². The zero-order chi connectivity index (χ0) is 19.0. The molecule has 2 aromatic carbocycles. The number of nitrogens with zero attached hydrogens (tertiary/aromatic N) is 3. The Labute approximate surface area is 153 Å². The Morgan fingerprint density at radius 1 is 1.11 bits per heavy atom. The lowest BCUT2D eigenvalue weighted by Gasteiger charge is -2.06. The predicted molar refractivity (Wildman–Crippen MR) is 102 cm³/mol. The first-order chi connectivity index (χ1) is 13.1. The minimum atomic E-state index is -0.449. The molecule has 0 atom stereocenters. The Morgan fingerprint density at radius 3 is 2.59 bits per heavy atom. The van der Waals surface area contributed by atoms with Gasteiger partial charge in [0.1, 0.15) is 5.75 Å². The number of aromatic nitrogens is 3. The van der Waals surface area contributed by atoms with Gasteiger partial charge >= 0.3 is 0 Å². The SMILES string of the molecule is COc1ccc(-c2[nH]nc3ncc(-c4cc([N+](=O)[O-])ccc4N)cc23)cc1. The molecule has 27 heavy (non-hydrogen) atoms. The van der Waals surface area contributed by atoms with E-state index in [4.69, 9.17) is 10.5 Å². The van der Waals surface area contributed by atoms with Gasteiger partial charge < -0.3 is 10.5 Å². The van der Waals surface area contributed by atoms with Crippen LogP contribution in [-0.4, -0.2) is 27.2 Å². The molecule has 134 valence electrons. The molecule has 0 saturated heterocycles. The van der Waals surface area contributed by atoms with Gasteiger partial charge in [-0.15, -0.1) is 0 Å². The Kier molecular flexibility index (Phi) is 3.92. The van der Waals surface area contributed by atoms with Gasteiger partial charge in [-0.1, -0.05) is 0 Å².